The van der Waals surface area contributed by atoms with Gasteiger partial charge in [0, 0.05) is 12.1 Å². The van der Waals surface area contributed by atoms with E-state index in [0.29, 0.717) is 18.4 Å². The molecule has 1 aromatic carbocycles. The molecular weight excluding hydrogens is 272 g/mol. The van der Waals surface area contributed by atoms with Gasteiger partial charge in [0.15, 0.2) is 0 Å². The summed E-state index contributed by atoms with van der Waals surface area (Å²) in [5.41, 5.74) is 2.22. The molecule has 0 aliphatic heterocycles. The van der Waals surface area contributed by atoms with E-state index >= 15 is 0 Å². The summed E-state index contributed by atoms with van der Waals surface area (Å²) in [4.78, 5) is 0. The lowest BCUT2D eigenvalue weighted by atomic mass is 9.84. The van der Waals surface area contributed by atoms with E-state index in [4.69, 9.17) is 0 Å². The number of benzene rings is 1. The fourth-order valence-electron chi connectivity index (χ4n) is 3.11. The third-order valence-corrected chi connectivity index (χ3v) is 3.82. The van der Waals surface area contributed by atoms with Gasteiger partial charge >= 0.3 is 6.61 Å². The van der Waals surface area contributed by atoms with Crippen LogP contribution >= 0.6 is 0 Å². The average Bonchev–Trinajstić information content (AvgIpc) is 2.39. The minimum Gasteiger partial charge on any atom is -0.434 e. The monoisotopic (exact) mass is 295 g/mol. The van der Waals surface area contributed by atoms with Crippen LogP contribution in [-0.2, 0) is 6.54 Å². The van der Waals surface area contributed by atoms with Crippen LogP contribution in [0.1, 0.15) is 32.3 Å². The van der Waals surface area contributed by atoms with E-state index in [9.17, 15) is 8.78 Å². The van der Waals surface area contributed by atoms with Gasteiger partial charge in [-0.05, 0) is 44.2 Å². The molecule has 21 heavy (non-hydrogen) atoms. The minimum atomic E-state index is -2.78. The summed E-state index contributed by atoms with van der Waals surface area (Å²) in [6, 6.07) is 6.95. The Balaban J connectivity index is 1.85. The van der Waals surface area contributed by atoms with Crippen LogP contribution < -0.4 is 10.1 Å². The van der Waals surface area contributed by atoms with E-state index in [1.807, 2.05) is 12.1 Å². The Morgan fingerprint density at radius 3 is 2.81 bits per heavy atom. The second kappa shape index (κ2) is 7.55. The summed E-state index contributed by atoms with van der Waals surface area (Å²) < 4.78 is 29.2. The SMILES string of the molecule is CC1=CC(C)CC(CNCc2ccccc2OC(F)F)C1. The second-order valence-electron chi connectivity index (χ2n) is 5.91. The van der Waals surface area contributed by atoms with Gasteiger partial charge < -0.3 is 10.1 Å². The Labute approximate surface area is 125 Å². The molecule has 0 fully saturated rings. The van der Waals surface area contributed by atoms with Crippen molar-refractivity contribution in [1.29, 1.82) is 0 Å². The second-order valence-corrected chi connectivity index (χ2v) is 5.91. The molecule has 0 spiro atoms. The molecule has 0 radical (unpaired) electrons. The first-order valence-electron chi connectivity index (χ1n) is 7.45. The highest BCUT2D eigenvalue weighted by atomic mass is 19.3. The number of alkyl halides is 2. The largest absolute Gasteiger partial charge is 0.434 e. The van der Waals surface area contributed by atoms with Crippen LogP contribution in [0.25, 0.3) is 0 Å². The Bertz CT molecular complexity index is 487. The summed E-state index contributed by atoms with van der Waals surface area (Å²) >= 11 is 0. The molecule has 1 N–H and O–H groups in total. The highest BCUT2D eigenvalue weighted by Crippen LogP contribution is 2.27. The summed E-state index contributed by atoms with van der Waals surface area (Å²) in [7, 11) is 0. The maximum atomic E-state index is 12.4. The Kier molecular flexibility index (Phi) is 5.74. The molecule has 4 heteroatoms. The van der Waals surface area contributed by atoms with Crippen molar-refractivity contribution in [1.82, 2.24) is 5.32 Å². The summed E-state index contributed by atoms with van der Waals surface area (Å²) in [5.74, 6) is 1.50. The summed E-state index contributed by atoms with van der Waals surface area (Å²) in [6.45, 7) is 3.09. The topological polar surface area (TPSA) is 21.3 Å². The molecule has 2 rings (SSSR count). The van der Waals surface area contributed by atoms with Crippen LogP contribution in [0.4, 0.5) is 8.78 Å². The zero-order chi connectivity index (χ0) is 15.2. The van der Waals surface area contributed by atoms with Crippen LogP contribution in [0.3, 0.4) is 0 Å². The molecule has 1 aliphatic carbocycles. The molecule has 2 nitrogen and oxygen atoms in total. The van der Waals surface area contributed by atoms with Crippen molar-refractivity contribution < 1.29 is 13.5 Å². The third-order valence-electron chi connectivity index (χ3n) is 3.82. The number of para-hydroxylation sites is 1. The van der Waals surface area contributed by atoms with Crippen LogP contribution in [-0.4, -0.2) is 13.2 Å². The van der Waals surface area contributed by atoms with E-state index in [-0.39, 0.29) is 5.75 Å². The minimum absolute atomic E-state index is 0.257. The van der Waals surface area contributed by atoms with E-state index in [2.05, 4.69) is 30.0 Å². The van der Waals surface area contributed by atoms with Crippen molar-refractivity contribution in [2.24, 2.45) is 11.8 Å². The standard InChI is InChI=1S/C17H23F2NO/c1-12-7-13(2)9-14(8-12)10-20-11-15-5-3-4-6-16(15)21-17(18)19/h3-7,12,14,17,20H,8-11H2,1-2H3. The van der Waals surface area contributed by atoms with Crippen molar-refractivity contribution in [3.8, 4) is 5.75 Å². The maximum Gasteiger partial charge on any atom is 0.387 e. The van der Waals surface area contributed by atoms with Crippen LogP contribution in [0.15, 0.2) is 35.9 Å². The van der Waals surface area contributed by atoms with Crippen LogP contribution in [0.2, 0.25) is 0 Å². The number of hydrogen-bond donors (Lipinski definition) is 1. The van der Waals surface area contributed by atoms with Gasteiger partial charge in [0.05, 0.1) is 0 Å². The molecule has 2 atom stereocenters. The first-order chi connectivity index (χ1) is 10.0. The van der Waals surface area contributed by atoms with Gasteiger partial charge in [0.25, 0.3) is 0 Å². The first kappa shape index (κ1) is 16.0. The Morgan fingerprint density at radius 2 is 2.10 bits per heavy atom. The fraction of sp³-hybridized carbons (Fsp3) is 0.529. The lowest BCUT2D eigenvalue weighted by molar-refractivity contribution is -0.0505. The molecule has 1 aromatic rings. The van der Waals surface area contributed by atoms with E-state index in [1.165, 1.54) is 12.0 Å². The Hall–Kier alpha value is -1.42. The Morgan fingerprint density at radius 1 is 1.33 bits per heavy atom. The van der Waals surface area contributed by atoms with Gasteiger partial charge in [-0.15, -0.1) is 0 Å². The number of allylic oxidation sites excluding steroid dienone is 2. The normalized spacial score (nSPS) is 22.2. The van der Waals surface area contributed by atoms with Crippen molar-refractivity contribution in [3.05, 3.63) is 41.5 Å². The fourth-order valence-corrected chi connectivity index (χ4v) is 3.11. The zero-order valence-corrected chi connectivity index (χ0v) is 12.6. The van der Waals surface area contributed by atoms with Gasteiger partial charge in [-0.3, -0.25) is 0 Å². The molecule has 116 valence electrons. The van der Waals surface area contributed by atoms with E-state index in [1.54, 1.807) is 12.1 Å². The zero-order valence-electron chi connectivity index (χ0n) is 12.6. The highest BCUT2D eigenvalue weighted by molar-refractivity contribution is 5.33. The number of halogens is 2. The number of ether oxygens (including phenoxy) is 1. The van der Waals surface area contributed by atoms with Gasteiger partial charge in [-0.2, -0.15) is 8.78 Å². The van der Waals surface area contributed by atoms with Gasteiger partial charge in [-0.1, -0.05) is 36.8 Å². The molecule has 0 heterocycles. The number of hydrogen-bond acceptors (Lipinski definition) is 2. The quantitative estimate of drug-likeness (QED) is 0.787. The first-order valence-corrected chi connectivity index (χ1v) is 7.45. The molecule has 0 aromatic heterocycles. The predicted octanol–water partition coefficient (Wildman–Crippen LogP) is 4.37. The van der Waals surface area contributed by atoms with E-state index in [0.717, 1.165) is 18.5 Å². The van der Waals surface area contributed by atoms with Crippen molar-refractivity contribution >= 4 is 0 Å². The molecule has 1 aliphatic rings. The third kappa shape index (κ3) is 5.12. The number of rotatable bonds is 6. The lowest BCUT2D eigenvalue weighted by Crippen LogP contribution is -2.26. The van der Waals surface area contributed by atoms with Gasteiger partial charge in [0.2, 0.25) is 0 Å². The van der Waals surface area contributed by atoms with Crippen LogP contribution in [0.5, 0.6) is 5.75 Å². The smallest absolute Gasteiger partial charge is 0.387 e. The predicted molar refractivity (Wildman–Crippen MR) is 80.4 cm³/mol. The molecular formula is C17H23F2NO. The molecule has 0 saturated heterocycles. The average molecular weight is 295 g/mol. The molecule has 0 bridgehead atoms. The summed E-state index contributed by atoms with van der Waals surface area (Å²) in [6.07, 6.45) is 4.63. The summed E-state index contributed by atoms with van der Waals surface area (Å²) in [5, 5.41) is 3.37. The molecule has 0 saturated carbocycles. The maximum absolute atomic E-state index is 12.4. The van der Waals surface area contributed by atoms with Gasteiger partial charge in [-0.25, -0.2) is 0 Å². The molecule has 2 unspecified atom stereocenters. The van der Waals surface area contributed by atoms with E-state index < -0.39 is 6.61 Å². The lowest BCUT2D eigenvalue weighted by Gasteiger charge is -2.25. The van der Waals surface area contributed by atoms with Crippen molar-refractivity contribution in [2.75, 3.05) is 6.54 Å². The molecule has 0 amide bonds. The highest BCUT2D eigenvalue weighted by Gasteiger charge is 2.17. The number of nitrogens with one attached hydrogen (secondary N) is 1. The van der Waals surface area contributed by atoms with Crippen LogP contribution in [0, 0.1) is 11.8 Å². The van der Waals surface area contributed by atoms with Crippen molar-refractivity contribution in [3.63, 3.8) is 0 Å². The van der Waals surface area contributed by atoms with Crippen molar-refractivity contribution in [2.45, 2.75) is 39.8 Å². The van der Waals surface area contributed by atoms with Gasteiger partial charge in [0.1, 0.15) is 5.75 Å².